The van der Waals surface area contributed by atoms with Gasteiger partial charge in [-0.2, -0.15) is 18.3 Å². The van der Waals surface area contributed by atoms with Crippen molar-refractivity contribution in [3.63, 3.8) is 0 Å². The number of hydrogen-bond acceptors (Lipinski definition) is 4. The smallest absolute Gasteiger partial charge is 0.393 e. The minimum Gasteiger partial charge on any atom is -0.393 e. The molecule has 0 aliphatic rings. The fourth-order valence-electron chi connectivity index (χ4n) is 1.98. The predicted octanol–water partition coefficient (Wildman–Crippen LogP) is 2.32. The van der Waals surface area contributed by atoms with Crippen molar-refractivity contribution in [3.8, 4) is 0 Å². The minimum atomic E-state index is -4.49. The maximum Gasteiger partial charge on any atom is 0.435 e. The average Bonchev–Trinajstić information content (AvgIpc) is 2.72. The van der Waals surface area contributed by atoms with Crippen LogP contribution in [0.3, 0.4) is 0 Å². The van der Waals surface area contributed by atoms with Crippen molar-refractivity contribution in [2.24, 2.45) is 0 Å². The molecule has 110 valence electrons. The Morgan fingerprint density at radius 1 is 1.40 bits per heavy atom. The van der Waals surface area contributed by atoms with Crippen LogP contribution < -0.4 is 5.32 Å². The molecule has 0 saturated heterocycles. The van der Waals surface area contributed by atoms with E-state index in [1.165, 1.54) is 12.4 Å². The lowest BCUT2D eigenvalue weighted by molar-refractivity contribution is -0.141. The lowest BCUT2D eigenvalue weighted by atomic mass is 10.1. The summed E-state index contributed by atoms with van der Waals surface area (Å²) < 4.78 is 39.1. The zero-order chi connectivity index (χ0) is 14.9. The number of aromatic nitrogens is 3. The molecule has 0 amide bonds. The number of alkyl halides is 3. The Morgan fingerprint density at radius 2 is 2.10 bits per heavy atom. The Balaban J connectivity index is 2.32. The van der Waals surface area contributed by atoms with Gasteiger partial charge in [-0.05, 0) is 20.3 Å². The standard InChI is InChI=1S/C12H15F3N4O/c1-7(5-8(2)20)17-11-9-6-10(12(13,14)15)18-19(9)4-3-16-11/h3-4,6-8,20H,5H2,1-2H3,(H,16,17). The Hall–Kier alpha value is -1.83. The van der Waals surface area contributed by atoms with Gasteiger partial charge in [0.05, 0.1) is 6.10 Å². The van der Waals surface area contributed by atoms with Gasteiger partial charge in [0.2, 0.25) is 0 Å². The topological polar surface area (TPSA) is 62.5 Å². The molecule has 2 aromatic heterocycles. The number of rotatable bonds is 4. The largest absolute Gasteiger partial charge is 0.435 e. The minimum absolute atomic E-state index is 0.127. The average molecular weight is 288 g/mol. The molecule has 0 bridgehead atoms. The lowest BCUT2D eigenvalue weighted by Crippen LogP contribution is -2.21. The summed E-state index contributed by atoms with van der Waals surface area (Å²) in [7, 11) is 0. The summed E-state index contributed by atoms with van der Waals surface area (Å²) in [6.07, 6.45) is -1.81. The van der Waals surface area contributed by atoms with Gasteiger partial charge >= 0.3 is 6.18 Å². The number of anilines is 1. The van der Waals surface area contributed by atoms with E-state index >= 15 is 0 Å². The zero-order valence-electron chi connectivity index (χ0n) is 11.0. The number of fused-ring (bicyclic) bond motifs is 1. The zero-order valence-corrected chi connectivity index (χ0v) is 11.0. The summed E-state index contributed by atoms with van der Waals surface area (Å²) in [5.41, 5.74) is -0.714. The lowest BCUT2D eigenvalue weighted by Gasteiger charge is -2.16. The molecular weight excluding hydrogens is 273 g/mol. The van der Waals surface area contributed by atoms with Crippen molar-refractivity contribution in [1.82, 2.24) is 14.6 Å². The van der Waals surface area contributed by atoms with Crippen LogP contribution in [0.15, 0.2) is 18.5 Å². The summed E-state index contributed by atoms with van der Waals surface area (Å²) >= 11 is 0. The molecule has 20 heavy (non-hydrogen) atoms. The molecule has 0 aliphatic heterocycles. The van der Waals surface area contributed by atoms with Crippen molar-refractivity contribution >= 4 is 11.3 Å². The molecular formula is C12H15F3N4O. The molecule has 2 atom stereocenters. The van der Waals surface area contributed by atoms with Crippen LogP contribution in [0.1, 0.15) is 26.0 Å². The number of nitrogens with zero attached hydrogens (tertiary/aromatic N) is 3. The molecule has 2 rings (SSSR count). The van der Waals surface area contributed by atoms with Gasteiger partial charge in [-0.25, -0.2) is 9.50 Å². The van der Waals surface area contributed by atoms with Gasteiger partial charge < -0.3 is 10.4 Å². The fourth-order valence-corrected chi connectivity index (χ4v) is 1.98. The molecule has 5 nitrogen and oxygen atoms in total. The van der Waals surface area contributed by atoms with Gasteiger partial charge in [-0.15, -0.1) is 0 Å². The van der Waals surface area contributed by atoms with Gasteiger partial charge in [-0.3, -0.25) is 0 Å². The highest BCUT2D eigenvalue weighted by molar-refractivity contribution is 5.68. The van der Waals surface area contributed by atoms with Crippen LogP contribution in [-0.2, 0) is 6.18 Å². The highest BCUT2D eigenvalue weighted by Gasteiger charge is 2.34. The van der Waals surface area contributed by atoms with Crippen LogP contribution in [0.2, 0.25) is 0 Å². The molecule has 2 heterocycles. The third-order valence-electron chi connectivity index (χ3n) is 2.76. The second-order valence-electron chi connectivity index (χ2n) is 4.76. The van der Waals surface area contributed by atoms with Gasteiger partial charge in [0.15, 0.2) is 11.5 Å². The quantitative estimate of drug-likeness (QED) is 0.906. The number of nitrogens with one attached hydrogen (secondary N) is 1. The predicted molar refractivity (Wildman–Crippen MR) is 67.4 cm³/mol. The molecule has 2 aromatic rings. The number of hydrogen-bond donors (Lipinski definition) is 2. The highest BCUT2D eigenvalue weighted by Crippen LogP contribution is 2.30. The monoisotopic (exact) mass is 288 g/mol. The van der Waals surface area contributed by atoms with E-state index in [0.29, 0.717) is 12.2 Å². The maximum absolute atomic E-state index is 12.6. The van der Waals surface area contributed by atoms with E-state index in [1.807, 2.05) is 6.92 Å². The Kier molecular flexibility index (Phi) is 3.85. The van der Waals surface area contributed by atoms with Crippen molar-refractivity contribution in [1.29, 1.82) is 0 Å². The molecule has 0 saturated carbocycles. The molecule has 2 unspecified atom stereocenters. The van der Waals surface area contributed by atoms with E-state index in [-0.39, 0.29) is 11.6 Å². The summed E-state index contributed by atoms with van der Waals surface area (Å²) in [6.45, 7) is 3.46. The van der Waals surface area contributed by atoms with Gasteiger partial charge in [0.25, 0.3) is 0 Å². The highest BCUT2D eigenvalue weighted by atomic mass is 19.4. The van der Waals surface area contributed by atoms with Crippen LogP contribution in [0.5, 0.6) is 0 Å². The second kappa shape index (κ2) is 5.28. The van der Waals surface area contributed by atoms with Crippen molar-refractivity contribution in [2.75, 3.05) is 5.32 Å². The van der Waals surface area contributed by atoms with E-state index in [4.69, 9.17) is 0 Å². The SMILES string of the molecule is CC(O)CC(C)Nc1nccn2nc(C(F)(F)F)cc12. The van der Waals surface area contributed by atoms with Crippen LogP contribution in [-0.4, -0.2) is 31.9 Å². The fraction of sp³-hybridized carbons (Fsp3) is 0.500. The first-order chi connectivity index (χ1) is 9.27. The molecule has 0 fully saturated rings. The Bertz CT molecular complexity index is 594. The summed E-state index contributed by atoms with van der Waals surface area (Å²) in [6, 6.07) is 0.822. The van der Waals surface area contributed by atoms with E-state index in [9.17, 15) is 18.3 Å². The van der Waals surface area contributed by atoms with Crippen LogP contribution >= 0.6 is 0 Å². The third kappa shape index (κ3) is 3.19. The molecule has 2 N–H and O–H groups in total. The normalized spacial score (nSPS) is 15.3. The summed E-state index contributed by atoms with van der Waals surface area (Å²) in [5.74, 6) is 0.309. The summed E-state index contributed by atoms with van der Waals surface area (Å²) in [4.78, 5) is 4.03. The van der Waals surface area contributed by atoms with Gasteiger partial charge in [0, 0.05) is 24.5 Å². The van der Waals surface area contributed by atoms with E-state index in [2.05, 4.69) is 15.4 Å². The maximum atomic E-state index is 12.6. The van der Waals surface area contributed by atoms with E-state index in [1.54, 1.807) is 6.92 Å². The number of aliphatic hydroxyl groups excluding tert-OH is 1. The van der Waals surface area contributed by atoms with Gasteiger partial charge in [0.1, 0.15) is 5.52 Å². The number of aliphatic hydroxyl groups is 1. The first kappa shape index (κ1) is 14.6. The number of halogens is 3. The van der Waals surface area contributed by atoms with Gasteiger partial charge in [-0.1, -0.05) is 0 Å². The van der Waals surface area contributed by atoms with Crippen LogP contribution in [0.4, 0.5) is 19.0 Å². The molecule has 8 heteroatoms. The Labute approximate surface area is 113 Å². The molecule has 0 aliphatic carbocycles. The third-order valence-corrected chi connectivity index (χ3v) is 2.76. The first-order valence-corrected chi connectivity index (χ1v) is 6.13. The van der Waals surface area contributed by atoms with Crippen molar-refractivity contribution in [3.05, 3.63) is 24.2 Å². The van der Waals surface area contributed by atoms with E-state index < -0.39 is 18.0 Å². The Morgan fingerprint density at radius 3 is 2.70 bits per heavy atom. The van der Waals surface area contributed by atoms with Crippen molar-refractivity contribution < 1.29 is 18.3 Å². The van der Waals surface area contributed by atoms with Crippen LogP contribution in [0, 0.1) is 0 Å². The van der Waals surface area contributed by atoms with Crippen molar-refractivity contribution in [2.45, 2.75) is 38.6 Å². The molecule has 0 radical (unpaired) electrons. The molecule has 0 aromatic carbocycles. The first-order valence-electron chi connectivity index (χ1n) is 6.13. The molecule has 0 spiro atoms. The summed E-state index contributed by atoms with van der Waals surface area (Å²) in [5, 5.41) is 15.8. The van der Waals surface area contributed by atoms with E-state index in [0.717, 1.165) is 10.6 Å². The van der Waals surface area contributed by atoms with Crippen LogP contribution in [0.25, 0.3) is 5.52 Å². The second-order valence-corrected chi connectivity index (χ2v) is 4.76.